The molecule has 1 aromatic rings. The van der Waals surface area contributed by atoms with Crippen LogP contribution in [0.1, 0.15) is 10.4 Å². The lowest BCUT2D eigenvalue weighted by molar-refractivity contribution is 0.108. The number of ether oxygens (including phenoxy) is 1. The predicted molar refractivity (Wildman–Crippen MR) is 51.0 cm³/mol. The number of carbonyl (C=O) groups excluding carboxylic acids is 1. The zero-order chi connectivity index (χ0) is 9.68. The van der Waals surface area contributed by atoms with Gasteiger partial charge in [-0.3, -0.25) is 4.79 Å². The Bertz CT molecular complexity index is 335. The molecule has 0 atom stereocenters. The van der Waals surface area contributed by atoms with E-state index in [1.807, 2.05) is 0 Å². The highest BCUT2D eigenvalue weighted by Gasteiger charge is 2.00. The molecule has 0 radical (unpaired) electrons. The highest BCUT2D eigenvalue weighted by atomic mass is 35.5. The molecule has 2 nitrogen and oxygen atoms in total. The summed E-state index contributed by atoms with van der Waals surface area (Å²) < 4.78 is 5.10. The first-order valence-electron chi connectivity index (χ1n) is 3.60. The number of hydrogen-bond acceptors (Lipinski definition) is 2. The second-order valence-corrected chi connectivity index (χ2v) is 2.63. The maximum atomic E-state index is 10.7. The van der Waals surface area contributed by atoms with E-state index < -0.39 is 5.24 Å². The minimum atomic E-state index is -0.483. The third-order valence-electron chi connectivity index (χ3n) is 1.40. The van der Waals surface area contributed by atoms with Gasteiger partial charge in [0.15, 0.2) is 0 Å². The summed E-state index contributed by atoms with van der Waals surface area (Å²) in [7, 11) is 0. The van der Waals surface area contributed by atoms with Crippen molar-refractivity contribution in [3.63, 3.8) is 0 Å². The molecule has 0 aliphatic heterocycles. The van der Waals surface area contributed by atoms with Gasteiger partial charge in [0.2, 0.25) is 0 Å². The van der Waals surface area contributed by atoms with E-state index in [-0.39, 0.29) is 6.61 Å². The number of carbonyl (C=O) groups is 1. The van der Waals surface area contributed by atoms with Gasteiger partial charge in [-0.2, -0.15) is 0 Å². The second-order valence-electron chi connectivity index (χ2n) is 2.29. The van der Waals surface area contributed by atoms with Crippen molar-refractivity contribution in [1.29, 1.82) is 0 Å². The van der Waals surface area contributed by atoms with Crippen LogP contribution >= 0.6 is 11.6 Å². The molecule has 0 heterocycles. The molecule has 0 aliphatic carbocycles. The number of halogens is 1. The van der Waals surface area contributed by atoms with Crippen molar-refractivity contribution in [2.75, 3.05) is 6.61 Å². The molecule has 1 rings (SSSR count). The molecule has 0 fully saturated rings. The zero-order valence-corrected chi connectivity index (χ0v) is 7.54. The Morgan fingerprint density at radius 1 is 1.46 bits per heavy atom. The largest absolute Gasteiger partial charge is 0.481 e. The molecular weight excluding hydrogens is 188 g/mol. The number of rotatable bonds is 3. The SMILES string of the molecule is C#CCOc1ccc(C(=O)Cl)cc1. The Labute approximate surface area is 81.5 Å². The first-order valence-corrected chi connectivity index (χ1v) is 3.98. The van der Waals surface area contributed by atoms with Crippen LogP contribution in [-0.2, 0) is 0 Å². The molecule has 0 aliphatic rings. The Balaban J connectivity index is 2.71. The quantitative estimate of drug-likeness (QED) is 0.544. The van der Waals surface area contributed by atoms with Crippen LogP contribution in [0.5, 0.6) is 5.75 Å². The van der Waals surface area contributed by atoms with Crippen molar-refractivity contribution in [3.05, 3.63) is 29.8 Å². The molecule has 13 heavy (non-hydrogen) atoms. The van der Waals surface area contributed by atoms with Crippen molar-refractivity contribution in [2.45, 2.75) is 0 Å². The third kappa shape index (κ3) is 2.81. The molecule has 0 aromatic heterocycles. The van der Waals surface area contributed by atoms with E-state index >= 15 is 0 Å². The maximum Gasteiger partial charge on any atom is 0.252 e. The summed E-state index contributed by atoms with van der Waals surface area (Å²) in [4.78, 5) is 10.7. The van der Waals surface area contributed by atoms with E-state index in [9.17, 15) is 4.79 Å². The van der Waals surface area contributed by atoms with Crippen LogP contribution in [0.25, 0.3) is 0 Å². The van der Waals surface area contributed by atoms with Gasteiger partial charge in [-0.1, -0.05) is 5.92 Å². The van der Waals surface area contributed by atoms with Gasteiger partial charge in [0.25, 0.3) is 5.24 Å². The normalized spacial score (nSPS) is 8.92. The second kappa shape index (κ2) is 4.54. The lowest BCUT2D eigenvalue weighted by Gasteiger charge is -2.01. The van der Waals surface area contributed by atoms with E-state index in [1.54, 1.807) is 24.3 Å². The van der Waals surface area contributed by atoms with Crippen LogP contribution in [0.2, 0.25) is 0 Å². The molecule has 3 heteroatoms. The molecule has 0 amide bonds. The van der Waals surface area contributed by atoms with Gasteiger partial charge in [-0.05, 0) is 35.9 Å². The van der Waals surface area contributed by atoms with Gasteiger partial charge < -0.3 is 4.74 Å². The van der Waals surface area contributed by atoms with Crippen LogP contribution in [0.4, 0.5) is 0 Å². The van der Waals surface area contributed by atoms with Gasteiger partial charge in [0.1, 0.15) is 12.4 Å². The molecule has 0 unspecified atom stereocenters. The van der Waals surface area contributed by atoms with E-state index in [1.165, 1.54) is 0 Å². The molecule has 0 saturated carbocycles. The van der Waals surface area contributed by atoms with Crippen molar-refractivity contribution in [1.82, 2.24) is 0 Å². The number of terminal acetylenes is 1. The minimum Gasteiger partial charge on any atom is -0.481 e. The smallest absolute Gasteiger partial charge is 0.252 e. The minimum absolute atomic E-state index is 0.216. The number of hydrogen-bond donors (Lipinski definition) is 0. The van der Waals surface area contributed by atoms with Gasteiger partial charge >= 0.3 is 0 Å². The average Bonchev–Trinajstić information content (AvgIpc) is 2.15. The summed E-state index contributed by atoms with van der Waals surface area (Å²) in [5.41, 5.74) is 0.440. The first kappa shape index (κ1) is 9.63. The highest BCUT2D eigenvalue weighted by molar-refractivity contribution is 6.67. The van der Waals surface area contributed by atoms with E-state index in [0.717, 1.165) is 0 Å². The number of benzene rings is 1. The van der Waals surface area contributed by atoms with Gasteiger partial charge in [-0.25, -0.2) is 0 Å². The van der Waals surface area contributed by atoms with Crippen molar-refractivity contribution in [2.24, 2.45) is 0 Å². The fourth-order valence-electron chi connectivity index (χ4n) is 0.807. The monoisotopic (exact) mass is 194 g/mol. The predicted octanol–water partition coefficient (Wildman–Crippen LogP) is 2.08. The average molecular weight is 195 g/mol. The Kier molecular flexibility index (Phi) is 3.36. The van der Waals surface area contributed by atoms with Gasteiger partial charge in [0.05, 0.1) is 0 Å². The van der Waals surface area contributed by atoms with Crippen molar-refractivity contribution < 1.29 is 9.53 Å². The van der Waals surface area contributed by atoms with Gasteiger partial charge in [-0.15, -0.1) is 6.42 Å². The summed E-state index contributed by atoms with van der Waals surface area (Å²) in [6.45, 7) is 0.216. The van der Waals surface area contributed by atoms with Crippen LogP contribution in [-0.4, -0.2) is 11.8 Å². The summed E-state index contributed by atoms with van der Waals surface area (Å²) in [6.07, 6.45) is 5.00. The van der Waals surface area contributed by atoms with Crippen molar-refractivity contribution in [3.8, 4) is 18.1 Å². The molecule has 0 bridgehead atoms. The van der Waals surface area contributed by atoms with Crippen molar-refractivity contribution >= 4 is 16.8 Å². The third-order valence-corrected chi connectivity index (χ3v) is 1.62. The lowest BCUT2D eigenvalue weighted by Crippen LogP contribution is -1.94. The molecule has 0 saturated heterocycles. The van der Waals surface area contributed by atoms with E-state index in [4.69, 9.17) is 22.8 Å². The van der Waals surface area contributed by atoms with Crippen LogP contribution in [0.3, 0.4) is 0 Å². The Morgan fingerprint density at radius 3 is 2.54 bits per heavy atom. The zero-order valence-electron chi connectivity index (χ0n) is 6.79. The Morgan fingerprint density at radius 2 is 2.08 bits per heavy atom. The fourth-order valence-corrected chi connectivity index (χ4v) is 0.933. The van der Waals surface area contributed by atoms with Crippen LogP contribution in [0, 0.1) is 12.3 Å². The van der Waals surface area contributed by atoms with E-state index in [2.05, 4.69) is 5.92 Å². The summed E-state index contributed by atoms with van der Waals surface area (Å²) in [5, 5.41) is -0.483. The molecule has 0 N–H and O–H groups in total. The molecular formula is C10H7ClO2. The highest BCUT2D eigenvalue weighted by Crippen LogP contribution is 2.13. The van der Waals surface area contributed by atoms with E-state index in [0.29, 0.717) is 11.3 Å². The topological polar surface area (TPSA) is 26.3 Å². The molecule has 0 spiro atoms. The van der Waals surface area contributed by atoms with Crippen LogP contribution in [0.15, 0.2) is 24.3 Å². The Hall–Kier alpha value is -1.46. The van der Waals surface area contributed by atoms with Crippen LogP contribution < -0.4 is 4.74 Å². The molecule has 66 valence electrons. The fraction of sp³-hybridized carbons (Fsp3) is 0.100. The lowest BCUT2D eigenvalue weighted by atomic mass is 10.2. The maximum absolute atomic E-state index is 10.7. The van der Waals surface area contributed by atoms with Gasteiger partial charge in [0, 0.05) is 5.56 Å². The summed E-state index contributed by atoms with van der Waals surface area (Å²) in [5.74, 6) is 2.96. The summed E-state index contributed by atoms with van der Waals surface area (Å²) >= 11 is 5.25. The summed E-state index contributed by atoms with van der Waals surface area (Å²) in [6, 6.07) is 6.46. The molecule has 1 aromatic carbocycles. The standard InChI is InChI=1S/C10H7ClO2/c1-2-7-13-9-5-3-8(4-6-9)10(11)12/h1,3-6H,7H2. The first-order chi connectivity index (χ1) is 6.24.